The maximum absolute atomic E-state index is 12.8. The third-order valence-corrected chi connectivity index (χ3v) is 2.56. The standard InChI is InChI=1S/C14H11FO2/c1-9(16)11-4-7-13(14(17)8-11)10-2-5-12(15)6-3-10/h2-8,17H,1H3. The Morgan fingerprint density at radius 1 is 1.12 bits per heavy atom. The van der Waals surface area contributed by atoms with Gasteiger partial charge < -0.3 is 5.11 Å². The van der Waals surface area contributed by atoms with Crippen LogP contribution in [0.5, 0.6) is 5.75 Å². The lowest BCUT2D eigenvalue weighted by Gasteiger charge is -2.06. The SMILES string of the molecule is CC(=O)c1ccc(-c2ccc(F)cc2)c(O)c1. The van der Waals surface area contributed by atoms with E-state index >= 15 is 0 Å². The van der Waals surface area contributed by atoms with E-state index in [0.29, 0.717) is 16.7 Å². The van der Waals surface area contributed by atoms with E-state index in [-0.39, 0.29) is 17.3 Å². The van der Waals surface area contributed by atoms with Crippen molar-refractivity contribution >= 4 is 5.78 Å². The highest BCUT2D eigenvalue weighted by Crippen LogP contribution is 2.30. The van der Waals surface area contributed by atoms with Crippen LogP contribution in [-0.4, -0.2) is 10.9 Å². The third kappa shape index (κ3) is 2.33. The van der Waals surface area contributed by atoms with Gasteiger partial charge in [0.15, 0.2) is 5.78 Å². The number of hydrogen-bond donors (Lipinski definition) is 1. The van der Waals surface area contributed by atoms with E-state index in [9.17, 15) is 14.3 Å². The Bertz CT molecular complexity index is 559. The van der Waals surface area contributed by atoms with Crippen molar-refractivity contribution in [2.45, 2.75) is 6.92 Å². The smallest absolute Gasteiger partial charge is 0.159 e. The Labute approximate surface area is 98.3 Å². The largest absolute Gasteiger partial charge is 0.507 e. The molecule has 86 valence electrons. The molecule has 0 heterocycles. The van der Waals surface area contributed by atoms with E-state index in [1.54, 1.807) is 24.3 Å². The number of carbonyl (C=O) groups is 1. The van der Waals surface area contributed by atoms with Crippen LogP contribution in [0.1, 0.15) is 17.3 Å². The normalized spacial score (nSPS) is 10.2. The summed E-state index contributed by atoms with van der Waals surface area (Å²) in [6.45, 7) is 1.44. The summed E-state index contributed by atoms with van der Waals surface area (Å²) in [4.78, 5) is 11.1. The predicted octanol–water partition coefficient (Wildman–Crippen LogP) is 3.40. The van der Waals surface area contributed by atoms with Gasteiger partial charge in [-0.05, 0) is 36.8 Å². The molecule has 0 aliphatic heterocycles. The second-order valence-corrected chi connectivity index (χ2v) is 3.80. The van der Waals surface area contributed by atoms with Gasteiger partial charge in [0.1, 0.15) is 11.6 Å². The van der Waals surface area contributed by atoms with E-state index in [4.69, 9.17) is 0 Å². The minimum atomic E-state index is -0.325. The van der Waals surface area contributed by atoms with Crippen molar-refractivity contribution in [3.63, 3.8) is 0 Å². The van der Waals surface area contributed by atoms with Crippen molar-refractivity contribution < 1.29 is 14.3 Å². The van der Waals surface area contributed by atoms with Gasteiger partial charge in [-0.1, -0.05) is 18.2 Å². The van der Waals surface area contributed by atoms with Crippen LogP contribution < -0.4 is 0 Å². The molecule has 2 aromatic rings. The van der Waals surface area contributed by atoms with Crippen LogP contribution in [0.15, 0.2) is 42.5 Å². The molecule has 2 nitrogen and oxygen atoms in total. The zero-order valence-electron chi connectivity index (χ0n) is 9.27. The number of phenols is 1. The second kappa shape index (κ2) is 4.37. The molecule has 0 saturated carbocycles. The van der Waals surface area contributed by atoms with E-state index in [1.807, 2.05) is 0 Å². The molecule has 0 aliphatic carbocycles. The van der Waals surface area contributed by atoms with Gasteiger partial charge in [-0.25, -0.2) is 4.39 Å². The monoisotopic (exact) mass is 230 g/mol. The molecule has 0 unspecified atom stereocenters. The van der Waals surface area contributed by atoms with Crippen molar-refractivity contribution in [2.75, 3.05) is 0 Å². The molecule has 1 N–H and O–H groups in total. The molecular formula is C14H11FO2. The molecule has 0 bridgehead atoms. The summed E-state index contributed by atoms with van der Waals surface area (Å²) in [5.41, 5.74) is 1.74. The molecule has 0 aromatic heterocycles. The van der Waals surface area contributed by atoms with Crippen molar-refractivity contribution in [1.29, 1.82) is 0 Å². The molecule has 0 radical (unpaired) electrons. The first-order valence-corrected chi connectivity index (χ1v) is 5.18. The van der Waals surface area contributed by atoms with Crippen LogP contribution in [0.2, 0.25) is 0 Å². The number of aromatic hydroxyl groups is 1. The summed E-state index contributed by atoms with van der Waals surface area (Å²) in [7, 11) is 0. The minimum absolute atomic E-state index is 0.0179. The van der Waals surface area contributed by atoms with Crippen LogP contribution in [0.4, 0.5) is 4.39 Å². The highest BCUT2D eigenvalue weighted by atomic mass is 19.1. The molecule has 0 fully saturated rings. The van der Waals surface area contributed by atoms with E-state index in [1.165, 1.54) is 25.1 Å². The van der Waals surface area contributed by atoms with Gasteiger partial charge in [0.05, 0.1) is 0 Å². The lowest BCUT2D eigenvalue weighted by atomic mass is 10.0. The van der Waals surface area contributed by atoms with Gasteiger partial charge in [-0.2, -0.15) is 0 Å². The highest BCUT2D eigenvalue weighted by molar-refractivity contribution is 5.95. The number of ketones is 1. The van der Waals surface area contributed by atoms with Crippen LogP contribution in [0, 0.1) is 5.82 Å². The van der Waals surface area contributed by atoms with Crippen molar-refractivity contribution in [2.24, 2.45) is 0 Å². The Morgan fingerprint density at radius 3 is 2.29 bits per heavy atom. The lowest BCUT2D eigenvalue weighted by Crippen LogP contribution is -1.91. The number of Topliss-reactive ketones (excluding diaryl/α,β-unsaturated/α-hetero) is 1. The molecular weight excluding hydrogens is 219 g/mol. The minimum Gasteiger partial charge on any atom is -0.507 e. The summed E-state index contributed by atoms with van der Waals surface area (Å²) in [5.74, 6) is -0.413. The first kappa shape index (κ1) is 11.3. The maximum Gasteiger partial charge on any atom is 0.159 e. The lowest BCUT2D eigenvalue weighted by molar-refractivity contribution is 0.101. The molecule has 2 rings (SSSR count). The molecule has 0 atom stereocenters. The summed E-state index contributed by atoms with van der Waals surface area (Å²) in [6.07, 6.45) is 0. The van der Waals surface area contributed by atoms with Gasteiger partial charge >= 0.3 is 0 Å². The fourth-order valence-corrected chi connectivity index (χ4v) is 1.62. The number of phenolic OH excluding ortho intramolecular Hbond substituents is 1. The van der Waals surface area contributed by atoms with Crippen LogP contribution >= 0.6 is 0 Å². The summed E-state index contributed by atoms with van der Waals surface area (Å²) < 4.78 is 12.8. The summed E-state index contributed by atoms with van der Waals surface area (Å²) in [5, 5.41) is 9.82. The van der Waals surface area contributed by atoms with Gasteiger partial charge in [0, 0.05) is 11.1 Å². The Balaban J connectivity index is 2.46. The Kier molecular flexibility index (Phi) is 2.91. The first-order chi connectivity index (χ1) is 8.08. The summed E-state index contributed by atoms with van der Waals surface area (Å²) >= 11 is 0. The fraction of sp³-hybridized carbons (Fsp3) is 0.0714. The third-order valence-electron chi connectivity index (χ3n) is 2.56. The average Bonchev–Trinajstić information content (AvgIpc) is 2.30. The number of hydrogen-bond acceptors (Lipinski definition) is 2. The van der Waals surface area contributed by atoms with Gasteiger partial charge in [0.25, 0.3) is 0 Å². The molecule has 3 heteroatoms. The maximum atomic E-state index is 12.8. The van der Waals surface area contributed by atoms with Crippen LogP contribution in [-0.2, 0) is 0 Å². The van der Waals surface area contributed by atoms with Crippen molar-refractivity contribution in [1.82, 2.24) is 0 Å². The molecule has 0 aliphatic rings. The Morgan fingerprint density at radius 2 is 1.76 bits per heavy atom. The number of benzene rings is 2. The molecule has 2 aromatic carbocycles. The molecule has 17 heavy (non-hydrogen) atoms. The number of rotatable bonds is 2. The zero-order chi connectivity index (χ0) is 12.4. The molecule has 0 spiro atoms. The van der Waals surface area contributed by atoms with E-state index in [0.717, 1.165) is 0 Å². The quantitative estimate of drug-likeness (QED) is 0.803. The number of carbonyl (C=O) groups excluding carboxylic acids is 1. The fourth-order valence-electron chi connectivity index (χ4n) is 1.62. The van der Waals surface area contributed by atoms with Crippen LogP contribution in [0.25, 0.3) is 11.1 Å². The predicted molar refractivity (Wildman–Crippen MR) is 63.5 cm³/mol. The second-order valence-electron chi connectivity index (χ2n) is 3.80. The van der Waals surface area contributed by atoms with Gasteiger partial charge in [-0.15, -0.1) is 0 Å². The average molecular weight is 230 g/mol. The first-order valence-electron chi connectivity index (χ1n) is 5.18. The van der Waals surface area contributed by atoms with Gasteiger partial charge in [0.2, 0.25) is 0 Å². The zero-order valence-corrected chi connectivity index (χ0v) is 9.27. The van der Waals surface area contributed by atoms with Crippen molar-refractivity contribution in [3.8, 4) is 16.9 Å². The van der Waals surface area contributed by atoms with Crippen molar-refractivity contribution in [3.05, 3.63) is 53.8 Å². The number of halogens is 1. The summed E-state index contributed by atoms with van der Waals surface area (Å²) in [6, 6.07) is 10.5. The van der Waals surface area contributed by atoms with Gasteiger partial charge in [-0.3, -0.25) is 4.79 Å². The van der Waals surface area contributed by atoms with E-state index < -0.39 is 0 Å². The molecule has 0 saturated heterocycles. The molecule has 0 amide bonds. The van der Waals surface area contributed by atoms with E-state index in [2.05, 4.69) is 0 Å². The highest BCUT2D eigenvalue weighted by Gasteiger charge is 2.07. The van der Waals surface area contributed by atoms with Crippen LogP contribution in [0.3, 0.4) is 0 Å². The Hall–Kier alpha value is -2.16. The topological polar surface area (TPSA) is 37.3 Å².